The zero-order valence-electron chi connectivity index (χ0n) is 14.3. The highest BCUT2D eigenvalue weighted by atomic mass is 32.2. The fraction of sp³-hybridized carbons (Fsp3) is 0.294. The lowest BCUT2D eigenvalue weighted by Crippen LogP contribution is -2.30. The Hall–Kier alpha value is -2.72. The Morgan fingerprint density at radius 2 is 2.15 bits per heavy atom. The zero-order chi connectivity index (χ0) is 19.4. The fourth-order valence-electron chi connectivity index (χ4n) is 2.38. The summed E-state index contributed by atoms with van der Waals surface area (Å²) in [6.07, 6.45) is 0.181. The van der Waals surface area contributed by atoms with Crippen molar-refractivity contribution in [2.24, 2.45) is 0 Å². The Morgan fingerprint density at radius 3 is 2.85 bits per heavy atom. The van der Waals surface area contributed by atoms with Crippen LogP contribution in [0.2, 0.25) is 0 Å². The van der Waals surface area contributed by atoms with Gasteiger partial charge in [-0.15, -0.1) is 11.8 Å². The molecule has 0 saturated carbocycles. The van der Waals surface area contributed by atoms with Gasteiger partial charge in [0, 0.05) is 12.7 Å². The van der Waals surface area contributed by atoms with E-state index in [9.17, 15) is 18.8 Å². The van der Waals surface area contributed by atoms with Gasteiger partial charge >= 0.3 is 11.7 Å². The van der Waals surface area contributed by atoms with Crippen LogP contribution in [0.25, 0.3) is 0 Å². The van der Waals surface area contributed by atoms with Crippen LogP contribution in [0.3, 0.4) is 0 Å². The van der Waals surface area contributed by atoms with Gasteiger partial charge in [0.05, 0.1) is 11.8 Å². The van der Waals surface area contributed by atoms with Crippen LogP contribution in [0, 0.1) is 5.82 Å². The maximum Gasteiger partial charge on any atom is 0.351 e. The summed E-state index contributed by atoms with van der Waals surface area (Å²) in [7, 11) is 0. The van der Waals surface area contributed by atoms with Crippen LogP contribution >= 0.6 is 11.8 Å². The second-order valence-electron chi connectivity index (χ2n) is 5.63. The van der Waals surface area contributed by atoms with Crippen molar-refractivity contribution >= 4 is 29.5 Å². The van der Waals surface area contributed by atoms with Crippen LogP contribution in [0.5, 0.6) is 0 Å². The highest BCUT2D eigenvalue weighted by molar-refractivity contribution is 8.00. The van der Waals surface area contributed by atoms with Crippen molar-refractivity contribution in [3.63, 3.8) is 0 Å². The zero-order valence-corrected chi connectivity index (χ0v) is 15.1. The molecule has 1 N–H and O–H groups in total. The van der Waals surface area contributed by atoms with E-state index in [0.29, 0.717) is 11.3 Å². The number of anilines is 1. The van der Waals surface area contributed by atoms with Crippen LogP contribution in [-0.4, -0.2) is 39.2 Å². The molecule has 1 aromatic carbocycles. The molecule has 0 bridgehead atoms. The van der Waals surface area contributed by atoms with E-state index in [1.54, 1.807) is 30.3 Å². The Bertz CT molecular complexity index is 905. The first-order valence-electron chi connectivity index (χ1n) is 7.99. The fourth-order valence-corrected chi connectivity index (χ4v) is 3.37. The average molecular weight is 393 g/mol. The van der Waals surface area contributed by atoms with Crippen LogP contribution in [0.1, 0.15) is 23.5 Å². The number of thioether (sulfide) groups is 1. The lowest BCUT2D eigenvalue weighted by molar-refractivity contribution is -0.114. The number of hydrogen-bond acceptors (Lipinski definition) is 7. The molecule has 1 aliphatic heterocycles. The number of halogens is 1. The number of rotatable bonds is 5. The Balaban J connectivity index is 1.61. The van der Waals surface area contributed by atoms with Gasteiger partial charge in [0.15, 0.2) is 11.6 Å². The highest BCUT2D eigenvalue weighted by Gasteiger charge is 2.30. The SMILES string of the molecule is CC(=O)Nc1nc(=O)n(C2CSC(COC(=O)c3ccccc3)O2)cc1F. The molecular formula is C17H16FN3O5S. The predicted molar refractivity (Wildman–Crippen MR) is 95.9 cm³/mol. The molecule has 0 radical (unpaired) electrons. The van der Waals surface area contributed by atoms with Crippen molar-refractivity contribution in [2.75, 3.05) is 17.7 Å². The quantitative estimate of drug-likeness (QED) is 0.773. The van der Waals surface area contributed by atoms with Crippen LogP contribution in [-0.2, 0) is 14.3 Å². The van der Waals surface area contributed by atoms with Gasteiger partial charge in [-0.25, -0.2) is 14.0 Å². The van der Waals surface area contributed by atoms with E-state index < -0.39 is 40.9 Å². The van der Waals surface area contributed by atoms with Crippen molar-refractivity contribution < 1.29 is 23.5 Å². The number of nitrogens with zero attached hydrogens (tertiary/aromatic N) is 2. The van der Waals surface area contributed by atoms with Gasteiger partial charge in [-0.05, 0) is 12.1 Å². The minimum atomic E-state index is -0.850. The maximum absolute atomic E-state index is 14.0. The standard InChI is InChI=1S/C17H16FN3O5S/c1-10(22)19-15-12(18)7-21(17(24)20-15)13-9-27-14(26-13)8-25-16(23)11-5-3-2-4-6-11/h2-7,13-14H,8-9H2,1H3,(H,19,20,22,24). The lowest BCUT2D eigenvalue weighted by atomic mass is 10.2. The Morgan fingerprint density at radius 1 is 1.41 bits per heavy atom. The van der Waals surface area contributed by atoms with Crippen molar-refractivity contribution in [3.8, 4) is 0 Å². The first kappa shape index (κ1) is 19.1. The normalized spacial score (nSPS) is 18.9. The molecule has 27 heavy (non-hydrogen) atoms. The van der Waals surface area contributed by atoms with Crippen LogP contribution < -0.4 is 11.0 Å². The third kappa shape index (κ3) is 4.72. The molecule has 0 spiro atoms. The van der Waals surface area contributed by atoms with E-state index in [1.165, 1.54) is 18.7 Å². The summed E-state index contributed by atoms with van der Waals surface area (Å²) in [5.41, 5.74) is -0.826. The highest BCUT2D eigenvalue weighted by Crippen LogP contribution is 2.31. The molecule has 0 aliphatic carbocycles. The van der Waals surface area contributed by atoms with E-state index in [4.69, 9.17) is 9.47 Å². The van der Waals surface area contributed by atoms with Crippen LogP contribution in [0.4, 0.5) is 10.2 Å². The number of aromatic nitrogens is 2. The van der Waals surface area contributed by atoms with Crippen molar-refractivity contribution in [1.82, 2.24) is 9.55 Å². The first-order valence-corrected chi connectivity index (χ1v) is 9.04. The topological polar surface area (TPSA) is 99.5 Å². The van der Waals surface area contributed by atoms with Crippen LogP contribution in [0.15, 0.2) is 41.3 Å². The Labute approximate surface area is 157 Å². The molecule has 2 aromatic rings. The summed E-state index contributed by atoms with van der Waals surface area (Å²) in [5.74, 6) is -1.94. The van der Waals surface area contributed by atoms with Gasteiger partial charge in [0.25, 0.3) is 0 Å². The molecule has 142 valence electrons. The number of esters is 1. The molecule has 1 aliphatic rings. The van der Waals surface area contributed by atoms with Gasteiger partial charge < -0.3 is 14.8 Å². The molecular weight excluding hydrogens is 377 g/mol. The van der Waals surface area contributed by atoms with Gasteiger partial charge in [0.1, 0.15) is 18.3 Å². The number of carbonyl (C=O) groups is 2. The summed E-state index contributed by atoms with van der Waals surface area (Å²) in [6, 6.07) is 8.52. The number of carbonyl (C=O) groups excluding carboxylic acids is 2. The maximum atomic E-state index is 14.0. The summed E-state index contributed by atoms with van der Waals surface area (Å²) >= 11 is 1.33. The van der Waals surface area contributed by atoms with Gasteiger partial charge in [-0.3, -0.25) is 9.36 Å². The van der Waals surface area contributed by atoms with E-state index in [0.717, 1.165) is 10.8 Å². The minimum Gasteiger partial charge on any atom is -0.458 e. The van der Waals surface area contributed by atoms with Gasteiger partial charge in [-0.1, -0.05) is 18.2 Å². The van der Waals surface area contributed by atoms with Gasteiger partial charge in [-0.2, -0.15) is 4.98 Å². The molecule has 1 fully saturated rings. The molecule has 2 atom stereocenters. The lowest BCUT2D eigenvalue weighted by Gasteiger charge is -2.15. The number of hydrogen-bond donors (Lipinski definition) is 1. The van der Waals surface area contributed by atoms with Crippen molar-refractivity contribution in [2.45, 2.75) is 18.6 Å². The summed E-state index contributed by atoms with van der Waals surface area (Å²) < 4.78 is 25.9. The molecule has 10 heteroatoms. The first-order chi connectivity index (χ1) is 12.9. The molecule has 2 unspecified atom stereocenters. The average Bonchev–Trinajstić information content (AvgIpc) is 3.11. The minimum absolute atomic E-state index is 0.0104. The van der Waals surface area contributed by atoms with E-state index >= 15 is 0 Å². The predicted octanol–water partition coefficient (Wildman–Crippen LogP) is 1.79. The largest absolute Gasteiger partial charge is 0.458 e. The number of nitrogens with one attached hydrogen (secondary N) is 1. The third-order valence-electron chi connectivity index (χ3n) is 3.61. The summed E-state index contributed by atoms with van der Waals surface area (Å²) in [5, 5.41) is 2.15. The third-order valence-corrected chi connectivity index (χ3v) is 4.70. The van der Waals surface area contributed by atoms with E-state index in [1.807, 2.05) is 0 Å². The van der Waals surface area contributed by atoms with Crippen molar-refractivity contribution in [3.05, 3.63) is 58.4 Å². The molecule has 3 rings (SSSR count). The Kier molecular flexibility index (Phi) is 5.87. The molecule has 1 saturated heterocycles. The number of benzene rings is 1. The molecule has 1 amide bonds. The smallest absolute Gasteiger partial charge is 0.351 e. The summed E-state index contributed by atoms with van der Waals surface area (Å²) in [6.45, 7) is 1.17. The monoisotopic (exact) mass is 393 g/mol. The van der Waals surface area contributed by atoms with Gasteiger partial charge in [0.2, 0.25) is 5.91 Å². The van der Waals surface area contributed by atoms with E-state index in [2.05, 4.69) is 10.3 Å². The van der Waals surface area contributed by atoms with E-state index in [-0.39, 0.29) is 6.61 Å². The summed E-state index contributed by atoms with van der Waals surface area (Å²) in [4.78, 5) is 38.5. The van der Waals surface area contributed by atoms with Crippen molar-refractivity contribution in [1.29, 1.82) is 0 Å². The number of amides is 1. The molecule has 2 heterocycles. The second-order valence-corrected chi connectivity index (χ2v) is 6.82. The number of ether oxygens (including phenoxy) is 2. The molecule has 8 nitrogen and oxygen atoms in total. The second kappa shape index (κ2) is 8.31. The molecule has 1 aromatic heterocycles.